The summed E-state index contributed by atoms with van der Waals surface area (Å²) >= 11 is 0. The quantitative estimate of drug-likeness (QED) is 0.351. The fraction of sp³-hybridized carbons (Fsp3) is 0.294. The summed E-state index contributed by atoms with van der Waals surface area (Å²) in [6, 6.07) is 3.05. The van der Waals surface area contributed by atoms with E-state index >= 15 is 0 Å². The molecule has 1 saturated heterocycles. The number of urea groups is 1. The Bertz CT molecular complexity index is 936. The van der Waals surface area contributed by atoms with Crippen molar-refractivity contribution in [3.8, 4) is 11.5 Å². The molecular formula is C17H18N6O5. The molecule has 0 bridgehead atoms. The van der Waals surface area contributed by atoms with Gasteiger partial charge in [0.2, 0.25) is 0 Å². The Labute approximate surface area is 160 Å². The molecule has 0 spiro atoms. The lowest BCUT2D eigenvalue weighted by molar-refractivity contribution is -0.270. The van der Waals surface area contributed by atoms with Crippen molar-refractivity contribution in [3.05, 3.63) is 23.8 Å². The van der Waals surface area contributed by atoms with Gasteiger partial charge in [0.15, 0.2) is 0 Å². The third-order valence-corrected chi connectivity index (χ3v) is 4.31. The van der Waals surface area contributed by atoms with Crippen LogP contribution < -0.4 is 19.9 Å². The zero-order valence-corrected chi connectivity index (χ0v) is 15.4. The number of hydrazone groups is 1. The van der Waals surface area contributed by atoms with Gasteiger partial charge < -0.3 is 9.84 Å². The van der Waals surface area contributed by atoms with Crippen LogP contribution in [0.25, 0.3) is 0 Å². The molecule has 1 N–H and O–H groups in total. The molecule has 0 saturated carbocycles. The van der Waals surface area contributed by atoms with Crippen LogP contribution in [0.5, 0.6) is 11.5 Å². The molecular weight excluding hydrogens is 368 g/mol. The number of hydrogen-bond donors (Lipinski definition) is 1. The van der Waals surface area contributed by atoms with E-state index < -0.39 is 23.9 Å². The van der Waals surface area contributed by atoms with Crippen LogP contribution in [0.3, 0.4) is 0 Å². The predicted octanol–water partition coefficient (Wildman–Crippen LogP) is -2.08. The largest absolute Gasteiger partial charge is 0.870 e. The van der Waals surface area contributed by atoms with Crippen molar-refractivity contribution < 1.29 is 24.2 Å². The van der Waals surface area contributed by atoms with E-state index in [0.29, 0.717) is 5.56 Å². The number of amidine groups is 1. The van der Waals surface area contributed by atoms with Crippen LogP contribution in [0.2, 0.25) is 0 Å². The van der Waals surface area contributed by atoms with Gasteiger partial charge in [-0.25, -0.2) is 14.9 Å². The van der Waals surface area contributed by atoms with E-state index in [4.69, 9.17) is 4.74 Å². The fourth-order valence-corrected chi connectivity index (χ4v) is 2.82. The van der Waals surface area contributed by atoms with Gasteiger partial charge in [-0.1, -0.05) is 17.9 Å². The number of carbonyl (C=O) groups is 3. The third kappa shape index (κ3) is 3.38. The van der Waals surface area contributed by atoms with Crippen molar-refractivity contribution in [2.24, 2.45) is 5.10 Å². The highest BCUT2D eigenvalue weighted by Gasteiger charge is 2.53. The van der Waals surface area contributed by atoms with Crippen LogP contribution in [0.1, 0.15) is 5.56 Å². The maximum Gasteiger partial charge on any atom is 0.389 e. The number of benzene rings is 1. The number of methoxy groups -OCH3 is 1. The summed E-state index contributed by atoms with van der Waals surface area (Å²) in [4.78, 5) is 40.2. The lowest BCUT2D eigenvalue weighted by Gasteiger charge is -2.29. The Hall–Kier alpha value is -3.85. The normalized spacial score (nSPS) is 18.6. The zero-order chi connectivity index (χ0) is 20.4. The molecule has 2 aliphatic heterocycles. The number of ether oxygens (including phenoxy) is 1. The second-order valence-corrected chi connectivity index (χ2v) is 6.12. The van der Waals surface area contributed by atoms with Crippen LogP contribution in [0.15, 0.2) is 23.3 Å². The van der Waals surface area contributed by atoms with Crippen molar-refractivity contribution in [1.82, 2.24) is 24.8 Å². The van der Waals surface area contributed by atoms with Crippen molar-refractivity contribution in [3.63, 3.8) is 0 Å². The molecule has 11 nitrogen and oxygen atoms in total. The molecule has 1 aromatic carbocycles. The molecule has 0 aromatic heterocycles. The van der Waals surface area contributed by atoms with E-state index in [9.17, 15) is 19.5 Å². The number of rotatable bonds is 5. The van der Waals surface area contributed by atoms with Gasteiger partial charge in [-0.2, -0.15) is 10.0 Å². The Kier molecular flexibility index (Phi) is 5.01. The van der Waals surface area contributed by atoms with E-state index in [-0.39, 0.29) is 23.9 Å². The SMILES string of the molecule is COc1cc(/C=N/NC(=O)CN2C=[N+]=C3C2C(=O)N(C)C(=O)N3C)ccc1[O-]. The monoisotopic (exact) mass is 386 g/mol. The van der Waals surface area contributed by atoms with E-state index in [1.54, 1.807) is 0 Å². The van der Waals surface area contributed by atoms with E-state index in [1.165, 1.54) is 61.8 Å². The molecule has 1 atom stereocenters. The molecule has 2 aliphatic rings. The van der Waals surface area contributed by atoms with Gasteiger partial charge in [-0.3, -0.25) is 19.4 Å². The van der Waals surface area contributed by atoms with Gasteiger partial charge in [-0.15, -0.1) is 0 Å². The van der Waals surface area contributed by atoms with E-state index in [0.717, 1.165) is 4.90 Å². The lowest BCUT2D eigenvalue weighted by atomic mass is 10.1. The van der Waals surface area contributed by atoms with Gasteiger partial charge in [-0.05, 0) is 11.6 Å². The lowest BCUT2D eigenvalue weighted by Crippen LogP contribution is -2.63. The smallest absolute Gasteiger partial charge is 0.389 e. The van der Waals surface area contributed by atoms with Crippen LogP contribution in [-0.4, -0.2) is 84.7 Å². The second kappa shape index (κ2) is 7.41. The summed E-state index contributed by atoms with van der Waals surface area (Å²) < 4.78 is 9.02. The first kappa shape index (κ1) is 18.9. The first-order valence-corrected chi connectivity index (χ1v) is 8.22. The number of nitrogens with one attached hydrogen (secondary N) is 1. The Morgan fingerprint density at radius 3 is 2.82 bits per heavy atom. The van der Waals surface area contributed by atoms with Gasteiger partial charge >= 0.3 is 11.9 Å². The average Bonchev–Trinajstić information content (AvgIpc) is 3.09. The summed E-state index contributed by atoms with van der Waals surface area (Å²) in [7, 11) is 4.28. The summed E-state index contributed by atoms with van der Waals surface area (Å²) in [5, 5.41) is 15.3. The molecule has 1 fully saturated rings. The first-order valence-electron chi connectivity index (χ1n) is 8.22. The molecule has 0 aliphatic carbocycles. The van der Waals surface area contributed by atoms with Crippen LogP contribution in [0, 0.1) is 0 Å². The number of amides is 4. The highest BCUT2D eigenvalue weighted by Crippen LogP contribution is 2.22. The summed E-state index contributed by atoms with van der Waals surface area (Å²) in [5.41, 5.74) is 2.91. The van der Waals surface area contributed by atoms with Crippen LogP contribution >= 0.6 is 0 Å². The van der Waals surface area contributed by atoms with Crippen molar-refractivity contribution in [2.45, 2.75) is 6.04 Å². The highest BCUT2D eigenvalue weighted by atomic mass is 16.5. The van der Waals surface area contributed by atoms with Crippen molar-refractivity contribution in [1.29, 1.82) is 0 Å². The number of fused-ring (bicyclic) bond motifs is 1. The van der Waals surface area contributed by atoms with Gasteiger partial charge in [0.25, 0.3) is 24.2 Å². The molecule has 2 heterocycles. The highest BCUT2D eigenvalue weighted by molar-refractivity contribution is 6.22. The Balaban J connectivity index is 1.61. The van der Waals surface area contributed by atoms with Crippen LogP contribution in [-0.2, 0) is 9.59 Å². The van der Waals surface area contributed by atoms with Gasteiger partial charge in [0.1, 0.15) is 12.3 Å². The molecule has 28 heavy (non-hydrogen) atoms. The Morgan fingerprint density at radius 1 is 1.36 bits per heavy atom. The van der Waals surface area contributed by atoms with Crippen LogP contribution in [0.4, 0.5) is 4.79 Å². The molecule has 4 amide bonds. The zero-order valence-electron chi connectivity index (χ0n) is 15.4. The number of likely N-dealkylation sites (N-methyl/N-ethyl adjacent to an activating group) is 2. The maximum absolute atomic E-state index is 12.4. The standard InChI is InChI=1S/C17H18N6O5/c1-21-15-14(16(26)22(2)17(21)27)23(9-18-15)8-13(25)20-19-7-10-4-5-11(24)12(6-10)28-3/h4-7,9,14H,8H2,1-3H3,(H-,19,20,24,25). The summed E-state index contributed by atoms with van der Waals surface area (Å²) in [5.74, 6) is -0.753. The van der Waals surface area contributed by atoms with E-state index in [2.05, 4.69) is 15.2 Å². The molecule has 3 rings (SSSR count). The molecule has 1 unspecified atom stereocenters. The fourth-order valence-electron chi connectivity index (χ4n) is 2.82. The summed E-state index contributed by atoms with van der Waals surface area (Å²) in [6.07, 6.45) is 2.71. The molecule has 146 valence electrons. The topological polar surface area (TPSA) is 132 Å². The predicted molar refractivity (Wildman–Crippen MR) is 97.8 cm³/mol. The summed E-state index contributed by atoms with van der Waals surface area (Å²) in [6.45, 7) is -0.181. The molecule has 11 heteroatoms. The number of imide groups is 1. The van der Waals surface area contributed by atoms with Gasteiger partial charge in [0.05, 0.1) is 20.4 Å². The minimum atomic E-state index is -0.837. The van der Waals surface area contributed by atoms with Crippen molar-refractivity contribution in [2.75, 3.05) is 27.7 Å². The molecule has 1 aromatic rings. The van der Waals surface area contributed by atoms with E-state index in [1.807, 2.05) is 0 Å². The maximum atomic E-state index is 12.4. The van der Waals surface area contributed by atoms with Gasteiger partial charge in [0, 0.05) is 7.05 Å². The first-order chi connectivity index (χ1) is 13.3. The number of hydrogen-bond acceptors (Lipinski definition) is 7. The average molecular weight is 386 g/mol. The minimum Gasteiger partial charge on any atom is -0.870 e. The number of carbonyl (C=O) groups excluding carboxylic acids is 3. The Morgan fingerprint density at radius 2 is 2.11 bits per heavy atom. The number of nitrogens with zero attached hydrogens (tertiary/aromatic N) is 5. The second-order valence-electron chi connectivity index (χ2n) is 6.12. The third-order valence-electron chi connectivity index (χ3n) is 4.31. The minimum absolute atomic E-state index is 0.171. The molecule has 0 radical (unpaired) electrons. The van der Waals surface area contributed by atoms with Crippen molar-refractivity contribution >= 4 is 36.2 Å².